The van der Waals surface area contributed by atoms with Crippen molar-refractivity contribution in [2.45, 2.75) is 6.18 Å². The Labute approximate surface area is 139 Å². The van der Waals surface area contributed by atoms with Gasteiger partial charge in [-0.25, -0.2) is 0 Å². The molecule has 1 aliphatic rings. The maximum atomic E-state index is 12.8. The van der Waals surface area contributed by atoms with E-state index in [2.05, 4.69) is 4.98 Å². The Balaban J connectivity index is 1.94. The van der Waals surface area contributed by atoms with E-state index in [1.165, 1.54) is 12.1 Å². The molecular formula is C16H10F3N3OS. The number of carbonyl (C=O) groups is 1. The Hall–Kier alpha value is -2.61. The molecule has 3 rings (SSSR count). The number of carbonyl (C=O) groups excluding carboxylic acids is 1. The van der Waals surface area contributed by atoms with Crippen LogP contribution in [0, 0.1) is 5.41 Å². The van der Waals surface area contributed by atoms with Crippen molar-refractivity contribution in [3.05, 3.63) is 64.8 Å². The normalized spacial score (nSPS) is 17.0. The molecule has 0 saturated carbocycles. The summed E-state index contributed by atoms with van der Waals surface area (Å²) in [5.41, 5.74) is -0.177. The number of anilines is 1. The number of aromatic nitrogens is 1. The molecule has 1 aromatic carbocycles. The minimum Gasteiger partial charge on any atom is -0.278 e. The zero-order chi connectivity index (χ0) is 17.3. The molecule has 1 amide bonds. The second-order valence-electron chi connectivity index (χ2n) is 4.89. The van der Waals surface area contributed by atoms with Crippen LogP contribution in [0.4, 0.5) is 18.9 Å². The van der Waals surface area contributed by atoms with Crippen molar-refractivity contribution in [2.75, 3.05) is 4.90 Å². The molecule has 24 heavy (non-hydrogen) atoms. The van der Waals surface area contributed by atoms with E-state index < -0.39 is 17.6 Å². The fourth-order valence-corrected chi connectivity index (χ4v) is 3.02. The maximum Gasteiger partial charge on any atom is 0.416 e. The summed E-state index contributed by atoms with van der Waals surface area (Å²) in [6.07, 6.45) is 0.185. The molecule has 122 valence electrons. The number of rotatable bonds is 2. The summed E-state index contributed by atoms with van der Waals surface area (Å²) in [6, 6.07) is 7.81. The molecule has 1 fully saturated rings. The fourth-order valence-electron chi connectivity index (χ4n) is 2.16. The van der Waals surface area contributed by atoms with Gasteiger partial charge in [0.25, 0.3) is 5.91 Å². The van der Waals surface area contributed by atoms with Gasteiger partial charge in [-0.1, -0.05) is 12.1 Å². The van der Waals surface area contributed by atoms with Crippen molar-refractivity contribution in [3.63, 3.8) is 0 Å². The van der Waals surface area contributed by atoms with Crippen molar-refractivity contribution in [1.29, 1.82) is 5.41 Å². The highest BCUT2D eigenvalue weighted by Crippen LogP contribution is 2.37. The number of benzene rings is 1. The summed E-state index contributed by atoms with van der Waals surface area (Å²) in [5, 5.41) is 7.78. The molecule has 0 aliphatic carbocycles. The average Bonchev–Trinajstić information content (AvgIpc) is 2.82. The predicted molar refractivity (Wildman–Crippen MR) is 86.5 cm³/mol. The van der Waals surface area contributed by atoms with Gasteiger partial charge in [0, 0.05) is 12.4 Å². The summed E-state index contributed by atoms with van der Waals surface area (Å²) >= 11 is 0.897. The number of hydrogen-bond donors (Lipinski definition) is 1. The van der Waals surface area contributed by atoms with Crippen LogP contribution in [0.2, 0.25) is 0 Å². The van der Waals surface area contributed by atoms with Gasteiger partial charge in [-0.05, 0) is 47.7 Å². The first kappa shape index (κ1) is 16.3. The molecule has 1 N–H and O–H groups in total. The maximum absolute atomic E-state index is 12.8. The van der Waals surface area contributed by atoms with Gasteiger partial charge in [-0.3, -0.25) is 20.1 Å². The Kier molecular flexibility index (Phi) is 4.15. The largest absolute Gasteiger partial charge is 0.416 e. The van der Waals surface area contributed by atoms with Gasteiger partial charge < -0.3 is 0 Å². The lowest BCUT2D eigenvalue weighted by molar-refractivity contribution is -0.137. The van der Waals surface area contributed by atoms with Gasteiger partial charge in [-0.15, -0.1) is 0 Å². The number of amides is 1. The number of alkyl halides is 3. The molecule has 0 radical (unpaired) electrons. The lowest BCUT2D eigenvalue weighted by atomic mass is 10.2. The lowest BCUT2D eigenvalue weighted by Gasteiger charge is -2.16. The van der Waals surface area contributed by atoms with E-state index in [1.807, 2.05) is 0 Å². The van der Waals surface area contributed by atoms with Crippen LogP contribution >= 0.6 is 11.8 Å². The van der Waals surface area contributed by atoms with Crippen LogP contribution in [0.1, 0.15) is 11.1 Å². The summed E-state index contributed by atoms with van der Waals surface area (Å²) < 4.78 is 38.5. The molecule has 1 saturated heterocycles. The molecule has 1 aromatic heterocycles. The number of nitrogens with one attached hydrogen (secondary N) is 1. The first-order chi connectivity index (χ1) is 11.4. The quantitative estimate of drug-likeness (QED) is 0.829. The molecule has 4 nitrogen and oxygen atoms in total. The third-order valence-corrected chi connectivity index (χ3v) is 4.13. The van der Waals surface area contributed by atoms with Crippen LogP contribution in [0.15, 0.2) is 53.7 Å². The molecule has 0 spiro atoms. The first-order valence-electron chi connectivity index (χ1n) is 6.76. The Morgan fingerprint density at radius 3 is 2.67 bits per heavy atom. The molecule has 8 heteroatoms. The molecule has 2 aromatic rings. The summed E-state index contributed by atoms with van der Waals surface area (Å²) in [4.78, 5) is 17.6. The number of nitrogens with zero attached hydrogens (tertiary/aromatic N) is 2. The van der Waals surface area contributed by atoms with Crippen LogP contribution in [-0.2, 0) is 11.0 Å². The molecule has 0 bridgehead atoms. The third kappa shape index (κ3) is 3.18. The van der Waals surface area contributed by atoms with E-state index in [4.69, 9.17) is 5.41 Å². The van der Waals surface area contributed by atoms with Crippen LogP contribution < -0.4 is 4.90 Å². The molecular weight excluding hydrogens is 339 g/mol. The monoisotopic (exact) mass is 349 g/mol. The van der Waals surface area contributed by atoms with Crippen molar-refractivity contribution < 1.29 is 18.0 Å². The predicted octanol–water partition coefficient (Wildman–Crippen LogP) is 4.16. The zero-order valence-electron chi connectivity index (χ0n) is 12.0. The van der Waals surface area contributed by atoms with Crippen LogP contribution in [0.3, 0.4) is 0 Å². The van der Waals surface area contributed by atoms with E-state index >= 15 is 0 Å². The summed E-state index contributed by atoms with van der Waals surface area (Å²) in [5.74, 6) is -0.534. The number of halogens is 3. The first-order valence-corrected chi connectivity index (χ1v) is 7.58. The Morgan fingerprint density at radius 1 is 1.21 bits per heavy atom. The minimum atomic E-state index is -4.51. The Bertz CT molecular complexity index is 834. The van der Waals surface area contributed by atoms with E-state index in [-0.39, 0.29) is 15.8 Å². The van der Waals surface area contributed by atoms with Crippen molar-refractivity contribution >= 4 is 34.6 Å². The highest BCUT2D eigenvalue weighted by molar-refractivity contribution is 8.19. The second-order valence-corrected chi connectivity index (χ2v) is 5.92. The van der Waals surface area contributed by atoms with E-state index in [9.17, 15) is 18.0 Å². The molecule has 0 atom stereocenters. The van der Waals surface area contributed by atoms with Crippen LogP contribution in [0.25, 0.3) is 6.08 Å². The van der Waals surface area contributed by atoms with Gasteiger partial charge >= 0.3 is 6.18 Å². The number of hydrogen-bond acceptors (Lipinski definition) is 4. The minimum absolute atomic E-state index is 0.0157. The van der Waals surface area contributed by atoms with Crippen molar-refractivity contribution in [2.24, 2.45) is 0 Å². The van der Waals surface area contributed by atoms with Gasteiger partial charge in [0.05, 0.1) is 16.2 Å². The third-order valence-electron chi connectivity index (χ3n) is 3.24. The van der Waals surface area contributed by atoms with Crippen LogP contribution in [0.5, 0.6) is 0 Å². The number of thioether (sulfide) groups is 1. The smallest absolute Gasteiger partial charge is 0.278 e. The number of pyridine rings is 1. The zero-order valence-corrected chi connectivity index (χ0v) is 12.9. The molecule has 2 heterocycles. The van der Waals surface area contributed by atoms with Crippen LogP contribution in [-0.4, -0.2) is 16.1 Å². The highest BCUT2D eigenvalue weighted by atomic mass is 32.2. The fraction of sp³-hybridized carbons (Fsp3) is 0.0625. The highest BCUT2D eigenvalue weighted by Gasteiger charge is 2.36. The van der Waals surface area contributed by atoms with Gasteiger partial charge in [0.15, 0.2) is 5.17 Å². The van der Waals surface area contributed by atoms with Gasteiger partial charge in [0.1, 0.15) is 0 Å². The SMILES string of the molecule is N=C1S/C(=C\c2cccnc2)C(=O)N1c1cccc(C(F)(F)F)c1. The summed E-state index contributed by atoms with van der Waals surface area (Å²) in [6.45, 7) is 0. The van der Waals surface area contributed by atoms with Gasteiger partial charge in [-0.2, -0.15) is 13.2 Å². The number of amidine groups is 1. The average molecular weight is 349 g/mol. The Morgan fingerprint density at radius 2 is 2.00 bits per heavy atom. The lowest BCUT2D eigenvalue weighted by Crippen LogP contribution is -2.28. The molecule has 1 aliphatic heterocycles. The topological polar surface area (TPSA) is 57.1 Å². The molecule has 0 unspecified atom stereocenters. The van der Waals surface area contributed by atoms with E-state index in [1.54, 1.807) is 30.6 Å². The van der Waals surface area contributed by atoms with Crippen molar-refractivity contribution in [1.82, 2.24) is 4.98 Å². The van der Waals surface area contributed by atoms with Crippen molar-refractivity contribution in [3.8, 4) is 0 Å². The van der Waals surface area contributed by atoms with E-state index in [0.29, 0.717) is 5.56 Å². The summed E-state index contributed by atoms with van der Waals surface area (Å²) in [7, 11) is 0. The second kappa shape index (κ2) is 6.12. The standard InChI is InChI=1S/C16H10F3N3OS/c17-16(18,19)11-4-1-5-12(8-11)22-14(23)13(24-15(22)20)7-10-3-2-6-21-9-10/h1-9,20H/b13-7-,20-15?. The van der Waals surface area contributed by atoms with E-state index in [0.717, 1.165) is 28.8 Å². The van der Waals surface area contributed by atoms with Gasteiger partial charge in [0.2, 0.25) is 0 Å².